The normalized spacial score (nSPS) is 15.7. The number of allylic oxidation sites excluding steroid dienone is 1. The number of fused-ring (bicyclic) bond motifs is 3. The number of rotatable bonds is 6. The number of hydrogen-bond donors (Lipinski definition) is 0. The van der Waals surface area contributed by atoms with Crippen LogP contribution in [0.5, 0.6) is 11.5 Å². The molecule has 5 aromatic rings. The number of nitro benzene ring substituents is 1. The summed E-state index contributed by atoms with van der Waals surface area (Å²) in [6, 6.07) is 21.8. The van der Waals surface area contributed by atoms with Crippen LogP contribution >= 0.6 is 11.3 Å². The lowest BCUT2D eigenvalue weighted by Gasteiger charge is -2.31. The van der Waals surface area contributed by atoms with E-state index in [1.807, 2.05) is 30.3 Å². The van der Waals surface area contributed by atoms with Gasteiger partial charge in [-0.2, -0.15) is 0 Å². The Bertz CT molecular complexity index is 2190. The molecule has 2 aromatic heterocycles. The Labute approximate surface area is 255 Å². The van der Waals surface area contributed by atoms with E-state index in [9.17, 15) is 14.9 Å². The number of aryl methyl sites for hydroxylation is 2. The van der Waals surface area contributed by atoms with Crippen LogP contribution in [0.15, 0.2) is 92.6 Å². The van der Waals surface area contributed by atoms with Gasteiger partial charge in [0.2, 0.25) is 0 Å². The minimum Gasteiger partial charge on any atom is -0.497 e. The molecule has 44 heavy (non-hydrogen) atoms. The van der Waals surface area contributed by atoms with Gasteiger partial charge in [0.05, 0.1) is 41.0 Å². The highest BCUT2D eigenvalue weighted by atomic mass is 32.1. The first-order valence-electron chi connectivity index (χ1n) is 14.1. The topological polar surface area (TPSA) is 109 Å². The second-order valence-electron chi connectivity index (χ2n) is 10.7. The molecule has 0 bridgehead atoms. The molecule has 9 nitrogen and oxygen atoms in total. The van der Waals surface area contributed by atoms with Gasteiger partial charge < -0.3 is 13.9 Å². The van der Waals surface area contributed by atoms with Crippen LogP contribution in [-0.2, 0) is 6.42 Å². The minimum absolute atomic E-state index is 0.0385. The average Bonchev–Trinajstić information content (AvgIpc) is 3.63. The molecule has 0 unspecified atom stereocenters. The highest BCUT2D eigenvalue weighted by molar-refractivity contribution is 7.07. The summed E-state index contributed by atoms with van der Waals surface area (Å²) in [5.41, 5.74) is 5.92. The number of thiazole rings is 1. The number of ether oxygens (including phenoxy) is 2. The molecule has 1 atom stereocenters. The summed E-state index contributed by atoms with van der Waals surface area (Å²) in [7, 11) is 3.23. The SMILES string of the molecule is COc1ccc(OC)c([C@H]2C3=C(N=c4s/c(=C/c5ccc(-c6ccc(C)cc6[N+](=O)[O-])o5)c(=O)n42)c2ccccc2CC3)c1. The largest absolute Gasteiger partial charge is 0.497 e. The van der Waals surface area contributed by atoms with Crippen LogP contribution in [0.3, 0.4) is 0 Å². The van der Waals surface area contributed by atoms with Crippen molar-refractivity contribution < 1.29 is 18.8 Å². The molecule has 0 saturated carbocycles. The van der Waals surface area contributed by atoms with Crippen LogP contribution in [0.25, 0.3) is 23.1 Å². The van der Waals surface area contributed by atoms with Gasteiger partial charge in [-0.1, -0.05) is 41.7 Å². The van der Waals surface area contributed by atoms with Crippen molar-refractivity contribution in [2.24, 2.45) is 4.99 Å². The second kappa shape index (κ2) is 10.8. The fourth-order valence-corrected chi connectivity index (χ4v) is 7.04. The first-order valence-corrected chi connectivity index (χ1v) is 14.9. The molecule has 1 aliphatic heterocycles. The van der Waals surface area contributed by atoms with Crippen LogP contribution in [0.1, 0.15) is 40.5 Å². The number of hydrogen-bond acceptors (Lipinski definition) is 8. The molecule has 10 heteroatoms. The van der Waals surface area contributed by atoms with E-state index in [1.165, 1.54) is 23.0 Å². The molecule has 0 saturated heterocycles. The number of aromatic nitrogens is 1. The fourth-order valence-electron chi connectivity index (χ4n) is 6.06. The molecule has 0 spiro atoms. The van der Waals surface area contributed by atoms with Gasteiger partial charge in [0.1, 0.15) is 23.0 Å². The second-order valence-corrected chi connectivity index (χ2v) is 11.7. The molecule has 0 amide bonds. The zero-order valence-corrected chi connectivity index (χ0v) is 25.0. The zero-order chi connectivity index (χ0) is 30.5. The molecule has 1 aliphatic carbocycles. The Morgan fingerprint density at radius 3 is 2.66 bits per heavy atom. The van der Waals surface area contributed by atoms with Crippen molar-refractivity contribution in [3.8, 4) is 22.8 Å². The molecule has 3 heterocycles. The lowest BCUT2D eigenvalue weighted by atomic mass is 9.83. The van der Waals surface area contributed by atoms with Crippen molar-refractivity contribution in [3.63, 3.8) is 0 Å². The Morgan fingerprint density at radius 2 is 1.86 bits per heavy atom. The summed E-state index contributed by atoms with van der Waals surface area (Å²) in [6.07, 6.45) is 3.24. The first kappa shape index (κ1) is 27.6. The Hall–Kier alpha value is -5.22. The van der Waals surface area contributed by atoms with Crippen molar-refractivity contribution in [1.82, 2.24) is 4.57 Å². The molecule has 2 aliphatic rings. The van der Waals surface area contributed by atoms with Crippen molar-refractivity contribution in [2.45, 2.75) is 25.8 Å². The lowest BCUT2D eigenvalue weighted by Crippen LogP contribution is -2.39. The molecule has 0 radical (unpaired) electrons. The highest BCUT2D eigenvalue weighted by Crippen LogP contribution is 2.44. The monoisotopic (exact) mass is 605 g/mol. The summed E-state index contributed by atoms with van der Waals surface area (Å²) < 4.78 is 19.6. The van der Waals surface area contributed by atoms with E-state index in [4.69, 9.17) is 18.9 Å². The van der Waals surface area contributed by atoms with E-state index in [-0.39, 0.29) is 11.2 Å². The van der Waals surface area contributed by atoms with Gasteiger partial charge in [0.25, 0.3) is 11.2 Å². The maximum absolute atomic E-state index is 14.2. The fraction of sp³-hybridized carbons (Fsp3) is 0.176. The van der Waals surface area contributed by atoms with Gasteiger partial charge in [-0.25, -0.2) is 4.99 Å². The van der Waals surface area contributed by atoms with E-state index in [0.29, 0.717) is 37.9 Å². The zero-order valence-electron chi connectivity index (χ0n) is 24.2. The molecular weight excluding hydrogens is 578 g/mol. The van der Waals surface area contributed by atoms with Crippen LogP contribution in [0, 0.1) is 17.0 Å². The third-order valence-electron chi connectivity index (χ3n) is 8.12. The van der Waals surface area contributed by atoms with Gasteiger partial charge in [0, 0.05) is 23.3 Å². The third-order valence-corrected chi connectivity index (χ3v) is 9.10. The molecule has 3 aromatic carbocycles. The molecule has 220 valence electrons. The van der Waals surface area contributed by atoms with Gasteiger partial charge in [-0.05, 0) is 72.9 Å². The van der Waals surface area contributed by atoms with Crippen LogP contribution < -0.4 is 24.4 Å². The van der Waals surface area contributed by atoms with E-state index in [2.05, 4.69) is 12.1 Å². The maximum atomic E-state index is 14.2. The highest BCUT2D eigenvalue weighted by Gasteiger charge is 2.34. The number of benzene rings is 3. The van der Waals surface area contributed by atoms with Crippen molar-refractivity contribution in [3.05, 3.63) is 136 Å². The Morgan fingerprint density at radius 1 is 1.02 bits per heavy atom. The van der Waals surface area contributed by atoms with E-state index in [1.54, 1.807) is 56.1 Å². The van der Waals surface area contributed by atoms with Crippen LogP contribution in [-0.4, -0.2) is 23.7 Å². The number of furan rings is 1. The van der Waals surface area contributed by atoms with Gasteiger partial charge in [-0.3, -0.25) is 19.5 Å². The van der Waals surface area contributed by atoms with Crippen LogP contribution in [0.4, 0.5) is 5.69 Å². The lowest BCUT2D eigenvalue weighted by molar-refractivity contribution is -0.384. The van der Waals surface area contributed by atoms with Gasteiger partial charge in [0.15, 0.2) is 4.80 Å². The number of nitrogens with zero attached hydrogens (tertiary/aromatic N) is 3. The summed E-state index contributed by atoms with van der Waals surface area (Å²) >= 11 is 1.28. The van der Waals surface area contributed by atoms with Gasteiger partial charge in [-0.15, -0.1) is 0 Å². The van der Waals surface area contributed by atoms with E-state index >= 15 is 0 Å². The number of methoxy groups -OCH3 is 2. The summed E-state index contributed by atoms with van der Waals surface area (Å²) in [4.78, 5) is 31.1. The summed E-state index contributed by atoms with van der Waals surface area (Å²) in [5.74, 6) is 2.06. The van der Waals surface area contributed by atoms with E-state index in [0.717, 1.165) is 40.8 Å². The Kier molecular flexibility index (Phi) is 6.78. The van der Waals surface area contributed by atoms with Crippen molar-refractivity contribution in [2.75, 3.05) is 14.2 Å². The summed E-state index contributed by atoms with van der Waals surface area (Å²) in [5, 5.41) is 11.7. The number of nitro groups is 1. The van der Waals surface area contributed by atoms with Gasteiger partial charge >= 0.3 is 0 Å². The molecule has 0 fully saturated rings. The maximum Gasteiger partial charge on any atom is 0.280 e. The smallest absolute Gasteiger partial charge is 0.280 e. The molecule has 7 rings (SSSR count). The van der Waals surface area contributed by atoms with Crippen molar-refractivity contribution >= 4 is 28.8 Å². The third kappa shape index (κ3) is 4.55. The molecular formula is C34H27N3O6S. The quantitative estimate of drug-likeness (QED) is 0.178. The summed E-state index contributed by atoms with van der Waals surface area (Å²) in [6.45, 7) is 1.80. The first-order chi connectivity index (χ1) is 21.4. The van der Waals surface area contributed by atoms with E-state index < -0.39 is 11.0 Å². The Balaban J connectivity index is 1.42. The van der Waals surface area contributed by atoms with Crippen LogP contribution in [0.2, 0.25) is 0 Å². The predicted molar refractivity (Wildman–Crippen MR) is 168 cm³/mol. The molecule has 0 N–H and O–H groups in total. The minimum atomic E-state index is -0.454. The standard InChI is InChI=1S/C34H27N3O6S/c1-19-8-12-24(27(16-19)37(39)40)29-15-11-22(43-29)18-30-33(38)36-32(26-17-21(41-2)10-14-28(26)42-3)25-13-9-20-6-4-5-7-23(20)31(25)35-34(36)44-30/h4-8,10-12,14-18,32H,9,13H2,1-3H3/b30-18+/t32-/m1/s1. The average molecular weight is 606 g/mol. The van der Waals surface area contributed by atoms with Crippen molar-refractivity contribution in [1.29, 1.82) is 0 Å². The predicted octanol–water partition coefficient (Wildman–Crippen LogP) is 5.81.